The fourth-order valence-electron chi connectivity index (χ4n) is 3.73. The standard InChI is InChI=1S/C16H29NO2S/c1-3-19-15(18)13-16(9-8-12-20-14(16)2)17-10-6-4-5-7-11-17/h14H,3-13H2,1-2H3. The molecular weight excluding hydrogens is 270 g/mol. The Morgan fingerprint density at radius 1 is 1.25 bits per heavy atom. The molecule has 2 unspecified atom stereocenters. The molecule has 0 radical (unpaired) electrons. The van der Waals surface area contributed by atoms with Gasteiger partial charge in [-0.3, -0.25) is 9.69 Å². The number of rotatable bonds is 4. The monoisotopic (exact) mass is 299 g/mol. The minimum absolute atomic E-state index is 0.00824. The van der Waals surface area contributed by atoms with Gasteiger partial charge >= 0.3 is 5.97 Å². The molecule has 0 aliphatic carbocycles. The zero-order valence-corrected chi connectivity index (χ0v) is 13.8. The summed E-state index contributed by atoms with van der Waals surface area (Å²) in [6, 6.07) is 0. The quantitative estimate of drug-likeness (QED) is 0.743. The summed E-state index contributed by atoms with van der Waals surface area (Å²) >= 11 is 2.04. The van der Waals surface area contributed by atoms with Gasteiger partial charge in [-0.2, -0.15) is 11.8 Å². The fourth-order valence-corrected chi connectivity index (χ4v) is 5.06. The Bertz CT molecular complexity index is 316. The molecule has 0 bridgehead atoms. The van der Waals surface area contributed by atoms with Crippen LogP contribution >= 0.6 is 11.8 Å². The van der Waals surface area contributed by atoms with Crippen LogP contribution in [0.5, 0.6) is 0 Å². The minimum atomic E-state index is -0.00824. The number of hydrogen-bond donors (Lipinski definition) is 0. The van der Waals surface area contributed by atoms with Crippen LogP contribution in [0.2, 0.25) is 0 Å². The second-order valence-electron chi connectivity index (χ2n) is 6.10. The molecule has 4 heteroatoms. The van der Waals surface area contributed by atoms with E-state index in [-0.39, 0.29) is 11.5 Å². The lowest BCUT2D eigenvalue weighted by Crippen LogP contribution is -2.58. The zero-order chi connectivity index (χ0) is 14.4. The van der Waals surface area contributed by atoms with E-state index in [0.29, 0.717) is 18.3 Å². The fraction of sp³-hybridized carbons (Fsp3) is 0.938. The number of carbonyl (C=O) groups excluding carboxylic acids is 1. The summed E-state index contributed by atoms with van der Waals surface area (Å²) in [5.41, 5.74) is 0.0412. The van der Waals surface area contributed by atoms with E-state index in [4.69, 9.17) is 4.74 Å². The Hall–Kier alpha value is -0.220. The van der Waals surface area contributed by atoms with Gasteiger partial charge < -0.3 is 4.74 Å². The van der Waals surface area contributed by atoms with Crippen molar-refractivity contribution in [1.82, 2.24) is 4.90 Å². The summed E-state index contributed by atoms with van der Waals surface area (Å²) < 4.78 is 5.27. The third-order valence-electron chi connectivity index (χ3n) is 4.87. The summed E-state index contributed by atoms with van der Waals surface area (Å²) in [6.07, 6.45) is 8.20. The predicted octanol–water partition coefficient (Wildman–Crippen LogP) is 3.47. The molecule has 0 aromatic heterocycles. The highest BCUT2D eigenvalue weighted by Gasteiger charge is 2.45. The first-order valence-electron chi connectivity index (χ1n) is 8.21. The van der Waals surface area contributed by atoms with Crippen LogP contribution in [0.1, 0.15) is 58.8 Å². The van der Waals surface area contributed by atoms with Gasteiger partial charge in [-0.25, -0.2) is 0 Å². The third kappa shape index (κ3) is 3.70. The molecule has 2 heterocycles. The molecule has 0 amide bonds. The molecule has 2 rings (SSSR count). The second kappa shape index (κ2) is 7.69. The van der Waals surface area contributed by atoms with Gasteiger partial charge in [0.15, 0.2) is 0 Å². The lowest BCUT2D eigenvalue weighted by molar-refractivity contribution is -0.147. The highest BCUT2D eigenvalue weighted by Crippen LogP contribution is 2.42. The molecule has 2 atom stereocenters. The van der Waals surface area contributed by atoms with Crippen LogP contribution in [0, 0.1) is 0 Å². The predicted molar refractivity (Wildman–Crippen MR) is 85.2 cm³/mol. The molecule has 116 valence electrons. The summed E-state index contributed by atoms with van der Waals surface area (Å²) in [7, 11) is 0. The number of hydrogen-bond acceptors (Lipinski definition) is 4. The molecule has 2 aliphatic heterocycles. The van der Waals surface area contributed by atoms with Crippen LogP contribution in [-0.2, 0) is 9.53 Å². The average molecular weight is 299 g/mol. The number of thioether (sulfide) groups is 1. The smallest absolute Gasteiger partial charge is 0.307 e. The van der Waals surface area contributed by atoms with Gasteiger partial charge in [0.05, 0.1) is 13.0 Å². The first kappa shape index (κ1) is 16.2. The normalized spacial score (nSPS) is 32.6. The van der Waals surface area contributed by atoms with Crippen molar-refractivity contribution >= 4 is 17.7 Å². The number of ether oxygens (including phenoxy) is 1. The van der Waals surface area contributed by atoms with E-state index in [2.05, 4.69) is 11.8 Å². The van der Waals surface area contributed by atoms with E-state index in [1.54, 1.807) is 0 Å². The molecule has 2 fully saturated rings. The second-order valence-corrected chi connectivity index (χ2v) is 7.55. The van der Waals surface area contributed by atoms with Gasteiger partial charge in [0.25, 0.3) is 0 Å². The SMILES string of the molecule is CCOC(=O)CC1(N2CCCCCC2)CCCSC1C. The molecule has 0 aromatic carbocycles. The van der Waals surface area contributed by atoms with Crippen molar-refractivity contribution < 1.29 is 9.53 Å². The topological polar surface area (TPSA) is 29.5 Å². The van der Waals surface area contributed by atoms with Gasteiger partial charge in [0, 0.05) is 10.8 Å². The molecule has 0 N–H and O–H groups in total. The average Bonchev–Trinajstić information content (AvgIpc) is 2.71. The van der Waals surface area contributed by atoms with Gasteiger partial charge in [-0.1, -0.05) is 19.8 Å². The maximum absolute atomic E-state index is 12.1. The minimum Gasteiger partial charge on any atom is -0.466 e. The summed E-state index contributed by atoms with van der Waals surface area (Å²) in [4.78, 5) is 14.8. The van der Waals surface area contributed by atoms with Crippen LogP contribution in [0.25, 0.3) is 0 Å². The number of carbonyl (C=O) groups is 1. The van der Waals surface area contributed by atoms with E-state index in [1.165, 1.54) is 37.9 Å². The third-order valence-corrected chi connectivity index (χ3v) is 6.33. The van der Waals surface area contributed by atoms with Crippen LogP contribution in [0.3, 0.4) is 0 Å². The van der Waals surface area contributed by atoms with Crippen molar-refractivity contribution in [1.29, 1.82) is 0 Å². The van der Waals surface area contributed by atoms with E-state index in [1.807, 2.05) is 18.7 Å². The highest BCUT2D eigenvalue weighted by molar-refractivity contribution is 8.00. The summed E-state index contributed by atoms with van der Waals surface area (Å²) in [5, 5.41) is 0.527. The maximum Gasteiger partial charge on any atom is 0.307 e. The largest absolute Gasteiger partial charge is 0.466 e. The summed E-state index contributed by atoms with van der Waals surface area (Å²) in [6.45, 7) is 7.02. The molecule has 20 heavy (non-hydrogen) atoms. The van der Waals surface area contributed by atoms with Crippen molar-refractivity contribution in [2.24, 2.45) is 0 Å². The Balaban J connectivity index is 2.15. The van der Waals surface area contributed by atoms with Crippen LogP contribution < -0.4 is 0 Å². The van der Waals surface area contributed by atoms with E-state index in [9.17, 15) is 4.79 Å². The molecule has 0 saturated carbocycles. The molecule has 3 nitrogen and oxygen atoms in total. The first-order valence-corrected chi connectivity index (χ1v) is 9.26. The molecule has 0 aromatic rings. The Morgan fingerprint density at radius 2 is 1.95 bits per heavy atom. The van der Waals surface area contributed by atoms with Gasteiger partial charge in [0.2, 0.25) is 0 Å². The van der Waals surface area contributed by atoms with Crippen molar-refractivity contribution in [2.45, 2.75) is 69.6 Å². The maximum atomic E-state index is 12.1. The first-order chi connectivity index (χ1) is 9.69. The molecule has 2 aliphatic rings. The zero-order valence-electron chi connectivity index (χ0n) is 13.0. The van der Waals surface area contributed by atoms with Gasteiger partial charge in [0.1, 0.15) is 0 Å². The Kier molecular flexibility index (Phi) is 6.21. The Morgan fingerprint density at radius 3 is 2.55 bits per heavy atom. The van der Waals surface area contributed by atoms with E-state index >= 15 is 0 Å². The number of nitrogens with zero attached hydrogens (tertiary/aromatic N) is 1. The van der Waals surface area contributed by atoms with Crippen molar-refractivity contribution in [3.63, 3.8) is 0 Å². The molecule has 0 spiro atoms. The van der Waals surface area contributed by atoms with Crippen LogP contribution in [0.4, 0.5) is 0 Å². The lowest BCUT2D eigenvalue weighted by Gasteiger charge is -2.49. The number of likely N-dealkylation sites (tertiary alicyclic amines) is 1. The van der Waals surface area contributed by atoms with Crippen LogP contribution in [0.15, 0.2) is 0 Å². The van der Waals surface area contributed by atoms with Gasteiger partial charge in [-0.15, -0.1) is 0 Å². The van der Waals surface area contributed by atoms with Gasteiger partial charge in [-0.05, 0) is 51.4 Å². The van der Waals surface area contributed by atoms with Crippen molar-refractivity contribution in [3.05, 3.63) is 0 Å². The number of esters is 1. The molecule has 2 saturated heterocycles. The van der Waals surface area contributed by atoms with E-state index in [0.717, 1.165) is 19.5 Å². The van der Waals surface area contributed by atoms with Crippen molar-refractivity contribution in [2.75, 3.05) is 25.4 Å². The molecular formula is C16H29NO2S. The lowest BCUT2D eigenvalue weighted by atomic mass is 9.83. The van der Waals surface area contributed by atoms with E-state index < -0.39 is 0 Å². The Labute approximate surface area is 127 Å². The van der Waals surface area contributed by atoms with Crippen molar-refractivity contribution in [3.8, 4) is 0 Å². The van der Waals surface area contributed by atoms with Crippen LogP contribution in [-0.4, -0.2) is 47.1 Å². The highest BCUT2D eigenvalue weighted by atomic mass is 32.2. The summed E-state index contributed by atoms with van der Waals surface area (Å²) in [5.74, 6) is 1.23.